The van der Waals surface area contributed by atoms with Gasteiger partial charge in [0.05, 0.1) is 7.11 Å². The van der Waals surface area contributed by atoms with Gasteiger partial charge in [-0.15, -0.1) is 0 Å². The highest BCUT2D eigenvalue weighted by molar-refractivity contribution is 5.84. The van der Waals surface area contributed by atoms with Crippen LogP contribution in [-0.4, -0.2) is 18.2 Å². The highest BCUT2D eigenvalue weighted by atomic mass is 16.5. The molecule has 1 unspecified atom stereocenters. The molecule has 2 aromatic rings. The molecule has 0 aliphatic rings. The van der Waals surface area contributed by atoms with Gasteiger partial charge in [-0.2, -0.15) is 0 Å². The molecule has 1 atom stereocenters. The van der Waals surface area contributed by atoms with Crippen molar-refractivity contribution in [3.8, 4) is 5.75 Å². The molecular formula is C16H18O3. The lowest BCUT2D eigenvalue weighted by molar-refractivity contribution is -0.137. The fourth-order valence-electron chi connectivity index (χ4n) is 2.18. The Hall–Kier alpha value is -2.03. The second kappa shape index (κ2) is 5.74. The van der Waals surface area contributed by atoms with Crippen LogP contribution in [0.25, 0.3) is 10.8 Å². The minimum atomic E-state index is -0.739. The van der Waals surface area contributed by atoms with Gasteiger partial charge in [0.25, 0.3) is 0 Å². The van der Waals surface area contributed by atoms with Crippen LogP contribution in [0.4, 0.5) is 0 Å². The SMILES string of the molecule is COc1ccc2cc(C(C)CCC(=O)O)ccc2c1. The molecule has 2 aromatic carbocycles. The fourth-order valence-corrected chi connectivity index (χ4v) is 2.18. The summed E-state index contributed by atoms with van der Waals surface area (Å²) in [4.78, 5) is 10.6. The van der Waals surface area contributed by atoms with Crippen molar-refractivity contribution in [1.29, 1.82) is 0 Å². The van der Waals surface area contributed by atoms with Crippen molar-refractivity contribution >= 4 is 16.7 Å². The van der Waals surface area contributed by atoms with E-state index in [2.05, 4.69) is 25.1 Å². The maximum atomic E-state index is 10.6. The second-order valence-corrected chi connectivity index (χ2v) is 4.81. The molecule has 0 aromatic heterocycles. The van der Waals surface area contributed by atoms with Crippen LogP contribution in [0.5, 0.6) is 5.75 Å². The van der Waals surface area contributed by atoms with Crippen molar-refractivity contribution in [3.05, 3.63) is 42.0 Å². The minimum Gasteiger partial charge on any atom is -0.497 e. The third-order valence-corrected chi connectivity index (χ3v) is 3.43. The zero-order chi connectivity index (χ0) is 13.8. The predicted molar refractivity (Wildman–Crippen MR) is 75.8 cm³/mol. The minimum absolute atomic E-state index is 0.210. The number of carboxylic acids is 1. The number of hydrogen-bond donors (Lipinski definition) is 1. The number of carbonyl (C=O) groups is 1. The monoisotopic (exact) mass is 258 g/mol. The van der Waals surface area contributed by atoms with Gasteiger partial charge >= 0.3 is 5.97 Å². The molecule has 3 nitrogen and oxygen atoms in total. The quantitative estimate of drug-likeness (QED) is 0.886. The molecule has 0 saturated heterocycles. The maximum absolute atomic E-state index is 10.6. The van der Waals surface area contributed by atoms with Gasteiger partial charge in [-0.05, 0) is 40.8 Å². The lowest BCUT2D eigenvalue weighted by Crippen LogP contribution is -2.00. The summed E-state index contributed by atoms with van der Waals surface area (Å²) in [6, 6.07) is 12.2. The van der Waals surface area contributed by atoms with Gasteiger partial charge in [0.1, 0.15) is 5.75 Å². The van der Waals surface area contributed by atoms with Crippen molar-refractivity contribution < 1.29 is 14.6 Å². The number of hydrogen-bond acceptors (Lipinski definition) is 2. The number of ether oxygens (including phenoxy) is 1. The fraction of sp³-hybridized carbons (Fsp3) is 0.312. The van der Waals surface area contributed by atoms with E-state index < -0.39 is 5.97 Å². The van der Waals surface area contributed by atoms with Crippen LogP contribution in [-0.2, 0) is 4.79 Å². The van der Waals surface area contributed by atoms with E-state index in [0.717, 1.165) is 16.5 Å². The average Bonchev–Trinajstić information content (AvgIpc) is 2.43. The summed E-state index contributed by atoms with van der Waals surface area (Å²) in [5.41, 5.74) is 1.18. The Morgan fingerprint density at radius 3 is 2.58 bits per heavy atom. The smallest absolute Gasteiger partial charge is 0.303 e. The summed E-state index contributed by atoms with van der Waals surface area (Å²) in [6.45, 7) is 2.06. The van der Waals surface area contributed by atoms with Crippen LogP contribution in [0.2, 0.25) is 0 Å². The van der Waals surface area contributed by atoms with Crippen LogP contribution in [0.3, 0.4) is 0 Å². The molecule has 1 N–H and O–H groups in total. The third-order valence-electron chi connectivity index (χ3n) is 3.43. The van der Waals surface area contributed by atoms with Gasteiger partial charge < -0.3 is 9.84 Å². The van der Waals surface area contributed by atoms with E-state index in [1.54, 1.807) is 7.11 Å². The van der Waals surface area contributed by atoms with E-state index in [1.165, 1.54) is 5.56 Å². The van der Waals surface area contributed by atoms with Gasteiger partial charge in [-0.25, -0.2) is 0 Å². The van der Waals surface area contributed by atoms with Crippen LogP contribution in [0.15, 0.2) is 36.4 Å². The first-order chi connectivity index (χ1) is 9.10. The first-order valence-electron chi connectivity index (χ1n) is 6.39. The number of aliphatic carboxylic acids is 1. The summed E-state index contributed by atoms with van der Waals surface area (Å²) in [5, 5.41) is 11.0. The molecule has 0 radical (unpaired) electrons. The molecule has 0 aliphatic carbocycles. The number of carboxylic acid groups (broad SMARTS) is 1. The average molecular weight is 258 g/mol. The van der Waals surface area contributed by atoms with Crippen LogP contribution in [0.1, 0.15) is 31.2 Å². The Labute approximate surface area is 112 Å². The molecule has 0 aliphatic heterocycles. The predicted octanol–water partition coefficient (Wildman–Crippen LogP) is 3.82. The number of benzene rings is 2. The molecule has 3 heteroatoms. The molecule has 0 fully saturated rings. The Balaban J connectivity index is 2.23. The lowest BCUT2D eigenvalue weighted by atomic mass is 9.94. The topological polar surface area (TPSA) is 46.5 Å². The van der Waals surface area contributed by atoms with Crippen molar-refractivity contribution in [1.82, 2.24) is 0 Å². The Morgan fingerprint density at radius 2 is 1.89 bits per heavy atom. The molecule has 100 valence electrons. The van der Waals surface area contributed by atoms with Gasteiger partial charge in [0.15, 0.2) is 0 Å². The molecule has 0 heterocycles. The second-order valence-electron chi connectivity index (χ2n) is 4.81. The number of methoxy groups -OCH3 is 1. The summed E-state index contributed by atoms with van der Waals surface area (Å²) in [7, 11) is 1.66. The van der Waals surface area contributed by atoms with Crippen molar-refractivity contribution in [2.24, 2.45) is 0 Å². The van der Waals surface area contributed by atoms with Gasteiger partial charge in [-0.1, -0.05) is 31.2 Å². The van der Waals surface area contributed by atoms with Crippen LogP contribution >= 0.6 is 0 Å². The van der Waals surface area contributed by atoms with Crippen molar-refractivity contribution in [2.45, 2.75) is 25.7 Å². The zero-order valence-electron chi connectivity index (χ0n) is 11.2. The molecular weight excluding hydrogens is 240 g/mol. The number of fused-ring (bicyclic) bond motifs is 1. The van der Waals surface area contributed by atoms with E-state index in [-0.39, 0.29) is 12.3 Å². The lowest BCUT2D eigenvalue weighted by Gasteiger charge is -2.12. The Morgan fingerprint density at radius 1 is 1.21 bits per heavy atom. The van der Waals surface area contributed by atoms with Crippen molar-refractivity contribution in [3.63, 3.8) is 0 Å². The summed E-state index contributed by atoms with van der Waals surface area (Å²) in [6.07, 6.45) is 0.874. The van der Waals surface area contributed by atoms with Gasteiger partial charge in [0, 0.05) is 6.42 Å². The van der Waals surface area contributed by atoms with E-state index in [0.29, 0.717) is 6.42 Å². The largest absolute Gasteiger partial charge is 0.497 e. The van der Waals surface area contributed by atoms with E-state index in [4.69, 9.17) is 9.84 Å². The van der Waals surface area contributed by atoms with E-state index >= 15 is 0 Å². The summed E-state index contributed by atoms with van der Waals surface area (Å²) < 4.78 is 5.20. The van der Waals surface area contributed by atoms with Crippen LogP contribution < -0.4 is 4.74 Å². The molecule has 0 saturated carbocycles. The standard InChI is InChI=1S/C16H18O3/c1-11(3-8-16(17)18)12-4-5-14-10-15(19-2)7-6-13(14)9-12/h4-7,9-11H,3,8H2,1-2H3,(H,17,18). The first kappa shape index (κ1) is 13.4. The Kier molecular flexibility index (Phi) is 4.05. The first-order valence-corrected chi connectivity index (χ1v) is 6.39. The molecule has 0 bridgehead atoms. The molecule has 2 rings (SSSR count). The Bertz CT molecular complexity index is 590. The van der Waals surface area contributed by atoms with E-state index in [1.807, 2.05) is 18.2 Å². The van der Waals surface area contributed by atoms with Gasteiger partial charge in [0.2, 0.25) is 0 Å². The summed E-state index contributed by atoms with van der Waals surface area (Å²) in [5.74, 6) is 0.360. The van der Waals surface area contributed by atoms with Crippen molar-refractivity contribution in [2.75, 3.05) is 7.11 Å². The third kappa shape index (κ3) is 3.25. The highest BCUT2D eigenvalue weighted by Gasteiger charge is 2.09. The highest BCUT2D eigenvalue weighted by Crippen LogP contribution is 2.27. The molecule has 19 heavy (non-hydrogen) atoms. The number of rotatable bonds is 5. The maximum Gasteiger partial charge on any atom is 0.303 e. The molecule has 0 spiro atoms. The normalized spacial score (nSPS) is 12.3. The van der Waals surface area contributed by atoms with Crippen LogP contribution in [0, 0.1) is 0 Å². The van der Waals surface area contributed by atoms with Gasteiger partial charge in [-0.3, -0.25) is 4.79 Å². The zero-order valence-corrected chi connectivity index (χ0v) is 11.2. The molecule has 0 amide bonds. The van der Waals surface area contributed by atoms with E-state index in [9.17, 15) is 4.79 Å². The summed E-state index contributed by atoms with van der Waals surface area (Å²) >= 11 is 0.